The summed E-state index contributed by atoms with van der Waals surface area (Å²) >= 11 is 0. The number of hydrogen-bond donors (Lipinski definition) is 1. The van der Waals surface area contributed by atoms with Gasteiger partial charge in [-0.1, -0.05) is 0 Å². The fraction of sp³-hybridized carbons (Fsp3) is 0.636. The van der Waals surface area contributed by atoms with Crippen molar-refractivity contribution >= 4 is 9.84 Å². The van der Waals surface area contributed by atoms with E-state index in [1.165, 1.54) is 0 Å². The topological polar surface area (TPSA) is 87.8 Å². The van der Waals surface area contributed by atoms with Crippen LogP contribution in [0.4, 0.5) is 0 Å². The third kappa shape index (κ3) is 1.82. The van der Waals surface area contributed by atoms with E-state index in [1.54, 1.807) is 4.68 Å². The molecule has 1 unspecified atom stereocenters. The lowest BCUT2D eigenvalue weighted by Gasteiger charge is -2.18. The summed E-state index contributed by atoms with van der Waals surface area (Å²) in [6, 6.07) is 2.00. The highest BCUT2D eigenvalue weighted by atomic mass is 32.2. The van der Waals surface area contributed by atoms with Gasteiger partial charge in [0, 0.05) is 30.8 Å². The lowest BCUT2D eigenvalue weighted by Crippen LogP contribution is -2.26. The van der Waals surface area contributed by atoms with Gasteiger partial charge in [-0.05, 0) is 6.42 Å². The summed E-state index contributed by atoms with van der Waals surface area (Å²) in [6.45, 7) is 1.50. The molecule has 0 aliphatic carbocycles. The molecule has 1 atom stereocenters. The van der Waals surface area contributed by atoms with Gasteiger partial charge in [-0.2, -0.15) is 10.4 Å². The molecule has 3 rings (SSSR count). The molecular formula is C11H14N4O2S. The first-order valence-electron chi connectivity index (χ1n) is 6.02. The molecule has 18 heavy (non-hydrogen) atoms. The minimum absolute atomic E-state index is 0.0936. The van der Waals surface area contributed by atoms with Gasteiger partial charge in [0.15, 0.2) is 15.5 Å². The standard InChI is InChI=1S/C11H14N4O2S/c12-5-10-9-6-13-3-1-11(9)15(14-10)8-2-4-18(16,17)7-8/h8,13H,1-4,6-7H2. The fourth-order valence-corrected chi connectivity index (χ4v) is 4.43. The first-order valence-corrected chi connectivity index (χ1v) is 7.84. The molecule has 2 aliphatic rings. The number of fused-ring (bicyclic) bond motifs is 1. The maximum atomic E-state index is 11.5. The molecular weight excluding hydrogens is 252 g/mol. The first kappa shape index (κ1) is 11.7. The second-order valence-electron chi connectivity index (χ2n) is 4.81. The zero-order valence-corrected chi connectivity index (χ0v) is 10.7. The second kappa shape index (κ2) is 4.07. The number of nitriles is 1. The third-order valence-corrected chi connectivity index (χ3v) is 5.37. The minimum atomic E-state index is -2.93. The highest BCUT2D eigenvalue weighted by molar-refractivity contribution is 7.91. The fourth-order valence-electron chi connectivity index (χ4n) is 2.73. The predicted octanol–water partition coefficient (Wildman–Crippen LogP) is -0.240. The van der Waals surface area contributed by atoms with Gasteiger partial charge in [0.05, 0.1) is 17.5 Å². The molecule has 0 bridgehead atoms. The normalized spacial score (nSPS) is 25.6. The van der Waals surface area contributed by atoms with E-state index in [9.17, 15) is 8.42 Å². The Morgan fingerprint density at radius 1 is 1.50 bits per heavy atom. The third-order valence-electron chi connectivity index (χ3n) is 3.62. The molecule has 1 fully saturated rings. The van der Waals surface area contributed by atoms with Gasteiger partial charge in [-0.15, -0.1) is 0 Å². The molecule has 2 aliphatic heterocycles. The highest BCUT2D eigenvalue weighted by Gasteiger charge is 2.33. The van der Waals surface area contributed by atoms with E-state index < -0.39 is 9.84 Å². The van der Waals surface area contributed by atoms with Gasteiger partial charge < -0.3 is 5.32 Å². The summed E-state index contributed by atoms with van der Waals surface area (Å²) in [7, 11) is -2.93. The van der Waals surface area contributed by atoms with Crippen LogP contribution in [0.3, 0.4) is 0 Å². The number of sulfone groups is 1. The molecule has 0 spiro atoms. The van der Waals surface area contributed by atoms with Gasteiger partial charge in [0.2, 0.25) is 0 Å². The molecule has 0 amide bonds. The van der Waals surface area contributed by atoms with Crippen molar-refractivity contribution in [3.63, 3.8) is 0 Å². The lowest BCUT2D eigenvalue weighted by molar-refractivity contribution is 0.468. The predicted molar refractivity (Wildman–Crippen MR) is 64.7 cm³/mol. The molecule has 3 heterocycles. The van der Waals surface area contributed by atoms with Crippen LogP contribution in [0.1, 0.15) is 29.4 Å². The van der Waals surface area contributed by atoms with Crippen LogP contribution in [0.2, 0.25) is 0 Å². The lowest BCUT2D eigenvalue weighted by atomic mass is 10.1. The molecule has 0 aromatic carbocycles. The van der Waals surface area contributed by atoms with Crippen molar-refractivity contribution < 1.29 is 8.42 Å². The van der Waals surface area contributed by atoms with Crippen LogP contribution >= 0.6 is 0 Å². The SMILES string of the molecule is N#Cc1nn(C2CCS(=O)(=O)C2)c2c1CNCC2. The highest BCUT2D eigenvalue weighted by Crippen LogP contribution is 2.28. The number of nitrogens with one attached hydrogen (secondary N) is 1. The van der Waals surface area contributed by atoms with Crippen molar-refractivity contribution in [2.45, 2.75) is 25.4 Å². The van der Waals surface area contributed by atoms with Gasteiger partial charge in [-0.3, -0.25) is 4.68 Å². The number of aromatic nitrogens is 2. The van der Waals surface area contributed by atoms with Crippen LogP contribution in [0.25, 0.3) is 0 Å². The molecule has 1 aromatic rings. The van der Waals surface area contributed by atoms with E-state index in [2.05, 4.69) is 16.5 Å². The van der Waals surface area contributed by atoms with Gasteiger partial charge in [0.25, 0.3) is 0 Å². The van der Waals surface area contributed by atoms with Crippen LogP contribution in [0.5, 0.6) is 0 Å². The largest absolute Gasteiger partial charge is 0.312 e. The quantitative estimate of drug-likeness (QED) is 0.758. The van der Waals surface area contributed by atoms with Crippen LogP contribution in [-0.4, -0.2) is 36.2 Å². The summed E-state index contributed by atoms with van der Waals surface area (Å²) in [5.74, 6) is 0.381. The van der Waals surface area contributed by atoms with Crippen molar-refractivity contribution in [1.29, 1.82) is 5.26 Å². The molecule has 6 nitrogen and oxygen atoms in total. The van der Waals surface area contributed by atoms with Crippen molar-refractivity contribution in [2.24, 2.45) is 0 Å². The summed E-state index contributed by atoms with van der Waals surface area (Å²) in [5, 5.41) is 16.6. The van der Waals surface area contributed by atoms with Crippen LogP contribution in [0.15, 0.2) is 0 Å². The van der Waals surface area contributed by atoms with Crippen LogP contribution in [-0.2, 0) is 22.8 Å². The van der Waals surface area contributed by atoms with E-state index in [-0.39, 0.29) is 17.5 Å². The van der Waals surface area contributed by atoms with E-state index >= 15 is 0 Å². The average Bonchev–Trinajstić information content (AvgIpc) is 2.89. The maximum absolute atomic E-state index is 11.5. The van der Waals surface area contributed by atoms with Gasteiger partial charge >= 0.3 is 0 Å². The summed E-state index contributed by atoms with van der Waals surface area (Å²) < 4.78 is 24.9. The smallest absolute Gasteiger partial charge is 0.167 e. The van der Waals surface area contributed by atoms with Crippen molar-refractivity contribution in [1.82, 2.24) is 15.1 Å². The van der Waals surface area contributed by atoms with E-state index in [4.69, 9.17) is 5.26 Å². The summed E-state index contributed by atoms with van der Waals surface area (Å²) in [6.07, 6.45) is 1.41. The molecule has 0 radical (unpaired) electrons. The Labute approximate surface area is 106 Å². The Morgan fingerprint density at radius 2 is 2.33 bits per heavy atom. The van der Waals surface area contributed by atoms with Crippen molar-refractivity contribution in [3.05, 3.63) is 17.0 Å². The summed E-state index contributed by atoms with van der Waals surface area (Å²) in [5.41, 5.74) is 2.40. The number of nitrogens with zero attached hydrogens (tertiary/aromatic N) is 3. The Kier molecular flexibility index (Phi) is 2.64. The van der Waals surface area contributed by atoms with E-state index in [1.807, 2.05) is 0 Å². The van der Waals surface area contributed by atoms with E-state index in [0.717, 1.165) is 24.2 Å². The monoisotopic (exact) mass is 266 g/mol. The molecule has 1 aromatic heterocycles. The molecule has 1 saturated heterocycles. The zero-order chi connectivity index (χ0) is 12.8. The van der Waals surface area contributed by atoms with Crippen molar-refractivity contribution in [2.75, 3.05) is 18.1 Å². The molecule has 96 valence electrons. The number of rotatable bonds is 1. The van der Waals surface area contributed by atoms with Crippen LogP contribution in [0, 0.1) is 11.3 Å². The Bertz CT molecular complexity index is 626. The zero-order valence-electron chi connectivity index (χ0n) is 9.89. The van der Waals surface area contributed by atoms with Crippen LogP contribution < -0.4 is 5.32 Å². The Balaban J connectivity index is 2.03. The van der Waals surface area contributed by atoms with E-state index in [0.29, 0.717) is 18.7 Å². The van der Waals surface area contributed by atoms with Gasteiger partial charge in [-0.25, -0.2) is 8.42 Å². The van der Waals surface area contributed by atoms with Gasteiger partial charge in [0.1, 0.15) is 6.07 Å². The Morgan fingerprint density at radius 3 is 3.00 bits per heavy atom. The Hall–Kier alpha value is -1.39. The second-order valence-corrected chi connectivity index (χ2v) is 7.04. The average molecular weight is 266 g/mol. The first-order chi connectivity index (χ1) is 8.61. The molecule has 1 N–H and O–H groups in total. The summed E-state index contributed by atoms with van der Waals surface area (Å²) in [4.78, 5) is 0. The molecule has 0 saturated carbocycles. The maximum Gasteiger partial charge on any atom is 0.167 e. The number of hydrogen-bond acceptors (Lipinski definition) is 5. The van der Waals surface area contributed by atoms with Crippen molar-refractivity contribution in [3.8, 4) is 6.07 Å². The minimum Gasteiger partial charge on any atom is -0.312 e. The molecule has 7 heteroatoms.